The molecule has 3 aromatic rings. The Kier molecular flexibility index (Phi) is 9.78. The Morgan fingerprint density at radius 3 is 2.26 bits per heavy atom. The Balaban J connectivity index is 1.46. The predicted molar refractivity (Wildman–Crippen MR) is 136 cm³/mol. The van der Waals surface area contributed by atoms with Gasteiger partial charge in [0.15, 0.2) is 0 Å². The second kappa shape index (κ2) is 12.8. The molecule has 0 radical (unpaired) electrons. The van der Waals surface area contributed by atoms with E-state index in [4.69, 9.17) is 0 Å². The van der Waals surface area contributed by atoms with E-state index in [1.54, 1.807) is 0 Å². The molecule has 0 bridgehead atoms. The van der Waals surface area contributed by atoms with Crippen LogP contribution in [0, 0.1) is 0 Å². The van der Waals surface area contributed by atoms with Gasteiger partial charge in [-0.15, -0.1) is 0 Å². The summed E-state index contributed by atoms with van der Waals surface area (Å²) in [6.45, 7) is 0.514. The van der Waals surface area contributed by atoms with Crippen LogP contribution >= 0.6 is 15.9 Å². The summed E-state index contributed by atoms with van der Waals surface area (Å²) in [5.41, 5.74) is 1.15. The van der Waals surface area contributed by atoms with Crippen LogP contribution in [0.2, 0.25) is 0 Å². The summed E-state index contributed by atoms with van der Waals surface area (Å²) in [4.78, 5) is 12.6. The van der Waals surface area contributed by atoms with E-state index in [-0.39, 0.29) is 32.8 Å². The number of benzene rings is 3. The average molecular weight is 548 g/mol. The van der Waals surface area contributed by atoms with Crippen molar-refractivity contribution < 1.29 is 23.1 Å². The van der Waals surface area contributed by atoms with E-state index >= 15 is 0 Å². The maximum Gasteiger partial charge on any atom is 0.416 e. The fourth-order valence-corrected chi connectivity index (χ4v) is 4.38. The van der Waals surface area contributed by atoms with E-state index in [0.717, 1.165) is 44.2 Å². The minimum absolute atomic E-state index is 0.158. The lowest BCUT2D eigenvalue weighted by molar-refractivity contribution is -0.137. The SMILES string of the molecule is O=C(NCCCCCCCCc1ccccc1)c1cc(Br)c(O)c(-c2cccc(C(F)(F)F)c2)c1. The maximum atomic E-state index is 13.1. The molecule has 7 heteroatoms. The smallest absolute Gasteiger partial charge is 0.416 e. The van der Waals surface area contributed by atoms with E-state index in [1.807, 2.05) is 6.07 Å². The number of nitrogens with one attached hydrogen (secondary N) is 1. The molecule has 0 fully saturated rings. The Labute approximate surface area is 212 Å². The first kappa shape index (κ1) is 26.8. The average Bonchev–Trinajstić information content (AvgIpc) is 2.84. The molecule has 2 N–H and O–H groups in total. The first-order chi connectivity index (χ1) is 16.8. The molecule has 0 unspecified atom stereocenters. The van der Waals surface area contributed by atoms with Crippen molar-refractivity contribution in [3.8, 4) is 16.9 Å². The third-order valence-corrected chi connectivity index (χ3v) is 6.45. The number of unbranched alkanes of at least 4 members (excludes halogenated alkanes) is 5. The second-order valence-electron chi connectivity index (χ2n) is 8.55. The largest absolute Gasteiger partial charge is 0.506 e. The summed E-state index contributed by atoms with van der Waals surface area (Å²) in [5, 5.41) is 13.3. The van der Waals surface area contributed by atoms with Crippen molar-refractivity contribution >= 4 is 21.8 Å². The number of carbonyl (C=O) groups excluding carboxylic acids is 1. The first-order valence-electron chi connectivity index (χ1n) is 11.8. The molecule has 0 spiro atoms. The number of phenolic OH excluding ortho intramolecular Hbond substituents is 1. The van der Waals surface area contributed by atoms with Crippen molar-refractivity contribution in [2.75, 3.05) is 6.54 Å². The number of aryl methyl sites for hydroxylation is 1. The van der Waals surface area contributed by atoms with Crippen LogP contribution in [0.1, 0.15) is 60.0 Å². The van der Waals surface area contributed by atoms with Crippen molar-refractivity contribution in [3.63, 3.8) is 0 Å². The Hall–Kier alpha value is -2.80. The number of hydrogen-bond acceptors (Lipinski definition) is 2. The van der Waals surface area contributed by atoms with Crippen LogP contribution in [0.5, 0.6) is 5.75 Å². The fraction of sp³-hybridized carbons (Fsp3) is 0.321. The van der Waals surface area contributed by atoms with E-state index < -0.39 is 11.7 Å². The van der Waals surface area contributed by atoms with Gasteiger partial charge in [0.25, 0.3) is 5.91 Å². The second-order valence-corrected chi connectivity index (χ2v) is 9.40. The number of rotatable bonds is 11. The highest BCUT2D eigenvalue weighted by Crippen LogP contribution is 2.39. The van der Waals surface area contributed by atoms with E-state index in [0.29, 0.717) is 6.54 Å². The molecule has 0 aromatic heterocycles. The fourth-order valence-electron chi connectivity index (χ4n) is 3.92. The molecule has 35 heavy (non-hydrogen) atoms. The number of alkyl halides is 3. The monoisotopic (exact) mass is 547 g/mol. The molecule has 0 aliphatic carbocycles. The molecule has 1 amide bonds. The molecule has 186 valence electrons. The molecule has 0 atom stereocenters. The van der Waals surface area contributed by atoms with E-state index in [1.165, 1.54) is 42.7 Å². The highest BCUT2D eigenvalue weighted by molar-refractivity contribution is 9.10. The Morgan fingerprint density at radius 1 is 0.857 bits per heavy atom. The van der Waals surface area contributed by atoms with Crippen LogP contribution in [-0.2, 0) is 12.6 Å². The van der Waals surface area contributed by atoms with Crippen molar-refractivity contribution in [1.82, 2.24) is 5.32 Å². The van der Waals surface area contributed by atoms with Crippen LogP contribution in [0.4, 0.5) is 13.2 Å². The van der Waals surface area contributed by atoms with E-state index in [2.05, 4.69) is 45.5 Å². The Morgan fingerprint density at radius 2 is 1.54 bits per heavy atom. The van der Waals surface area contributed by atoms with Crippen LogP contribution in [0.15, 0.2) is 71.2 Å². The molecular weight excluding hydrogens is 519 g/mol. The minimum Gasteiger partial charge on any atom is -0.506 e. The van der Waals surface area contributed by atoms with Gasteiger partial charge in [-0.25, -0.2) is 0 Å². The van der Waals surface area contributed by atoms with Crippen molar-refractivity contribution in [1.29, 1.82) is 0 Å². The van der Waals surface area contributed by atoms with Crippen LogP contribution in [0.25, 0.3) is 11.1 Å². The molecule has 0 heterocycles. The Bertz CT molecular complexity index is 1120. The molecule has 0 saturated carbocycles. The molecular formula is C28H29BrF3NO2. The summed E-state index contributed by atoms with van der Waals surface area (Å²) in [5.74, 6) is -0.546. The number of carbonyl (C=O) groups is 1. The molecule has 0 aliphatic heterocycles. The van der Waals surface area contributed by atoms with Gasteiger partial charge in [-0.2, -0.15) is 13.2 Å². The molecule has 0 saturated heterocycles. The van der Waals surface area contributed by atoms with Crippen LogP contribution in [-0.4, -0.2) is 17.6 Å². The standard InChI is InChI=1S/C28H29BrF3NO2/c29-25-19-22(18-24(26(25)34)21-14-10-15-23(17-21)28(30,31)32)27(35)33-16-9-4-2-1-3-6-11-20-12-7-5-8-13-20/h5,7-8,10,12-15,17-19,34H,1-4,6,9,11,16H2,(H,33,35). The normalized spacial score (nSPS) is 11.4. The van der Waals surface area contributed by atoms with Crippen LogP contribution in [0.3, 0.4) is 0 Å². The summed E-state index contributed by atoms with van der Waals surface area (Å²) in [6, 6.07) is 18.0. The van der Waals surface area contributed by atoms with Gasteiger partial charge in [0.05, 0.1) is 10.0 Å². The molecule has 3 nitrogen and oxygen atoms in total. The quantitative estimate of drug-likeness (QED) is 0.238. The highest BCUT2D eigenvalue weighted by Gasteiger charge is 2.30. The number of halogens is 4. The zero-order valence-corrected chi connectivity index (χ0v) is 21.0. The third kappa shape index (κ3) is 8.13. The number of phenols is 1. The molecule has 3 rings (SSSR count). The zero-order valence-electron chi connectivity index (χ0n) is 19.4. The summed E-state index contributed by atoms with van der Waals surface area (Å²) >= 11 is 3.21. The number of aromatic hydroxyl groups is 1. The van der Waals surface area contributed by atoms with Crippen molar-refractivity contribution in [2.24, 2.45) is 0 Å². The van der Waals surface area contributed by atoms with Gasteiger partial charge in [0, 0.05) is 17.7 Å². The van der Waals surface area contributed by atoms with Gasteiger partial charge in [-0.05, 0) is 70.6 Å². The lowest BCUT2D eigenvalue weighted by atomic mass is 9.99. The minimum atomic E-state index is -4.50. The summed E-state index contributed by atoms with van der Waals surface area (Å²) < 4.78 is 39.5. The summed E-state index contributed by atoms with van der Waals surface area (Å²) in [7, 11) is 0. The van der Waals surface area contributed by atoms with Gasteiger partial charge >= 0.3 is 6.18 Å². The predicted octanol–water partition coefficient (Wildman–Crippen LogP) is 8.15. The van der Waals surface area contributed by atoms with Gasteiger partial charge in [-0.3, -0.25) is 4.79 Å². The lowest BCUT2D eigenvalue weighted by Crippen LogP contribution is -2.24. The van der Waals surface area contributed by atoms with Gasteiger partial charge in [0.1, 0.15) is 5.75 Å². The molecule has 0 aliphatic rings. The maximum absolute atomic E-state index is 13.1. The topological polar surface area (TPSA) is 49.3 Å². The van der Waals surface area contributed by atoms with Crippen molar-refractivity contribution in [3.05, 3.63) is 87.9 Å². The zero-order chi connectivity index (χ0) is 25.3. The van der Waals surface area contributed by atoms with Gasteiger partial charge < -0.3 is 10.4 Å². The lowest BCUT2D eigenvalue weighted by Gasteiger charge is -2.13. The van der Waals surface area contributed by atoms with Gasteiger partial charge in [0.2, 0.25) is 0 Å². The molecule has 3 aromatic carbocycles. The third-order valence-electron chi connectivity index (χ3n) is 5.85. The number of hydrogen-bond donors (Lipinski definition) is 2. The summed E-state index contributed by atoms with van der Waals surface area (Å²) in [6.07, 6.45) is 3.08. The van der Waals surface area contributed by atoms with Crippen molar-refractivity contribution in [2.45, 2.75) is 51.1 Å². The van der Waals surface area contributed by atoms with Gasteiger partial charge in [-0.1, -0.05) is 68.1 Å². The first-order valence-corrected chi connectivity index (χ1v) is 12.6. The van der Waals surface area contributed by atoms with Crippen LogP contribution < -0.4 is 5.32 Å². The number of amides is 1. The van der Waals surface area contributed by atoms with E-state index in [9.17, 15) is 23.1 Å². The highest BCUT2D eigenvalue weighted by atomic mass is 79.9.